The largest absolute Gasteiger partial charge is 0.506 e. The molecule has 4 heteroatoms. The van der Waals surface area contributed by atoms with Crippen molar-refractivity contribution >= 4 is 23.4 Å². The molecule has 0 atom stereocenters. The van der Waals surface area contributed by atoms with Gasteiger partial charge in [-0.05, 0) is 18.2 Å². The van der Waals surface area contributed by atoms with Crippen molar-refractivity contribution in [3.05, 3.63) is 53.1 Å². The standard InChI is InChI=1S/C13H11ClO2S/c14-10-5-1-2-6-11(10)17-12-7-3-4-9(8-15)13(12)16/h1-7,15-16H,8H2. The van der Waals surface area contributed by atoms with Gasteiger partial charge in [-0.2, -0.15) is 0 Å². The molecule has 0 aliphatic rings. The van der Waals surface area contributed by atoms with E-state index in [4.69, 9.17) is 16.7 Å². The van der Waals surface area contributed by atoms with Gasteiger partial charge in [0.25, 0.3) is 0 Å². The molecular weight excluding hydrogens is 256 g/mol. The van der Waals surface area contributed by atoms with Crippen molar-refractivity contribution in [3.63, 3.8) is 0 Å². The summed E-state index contributed by atoms with van der Waals surface area (Å²) in [6, 6.07) is 12.7. The highest BCUT2D eigenvalue weighted by molar-refractivity contribution is 7.99. The zero-order valence-corrected chi connectivity index (χ0v) is 10.5. The van der Waals surface area contributed by atoms with Crippen molar-refractivity contribution in [3.8, 4) is 5.75 Å². The van der Waals surface area contributed by atoms with Gasteiger partial charge in [0.05, 0.1) is 16.5 Å². The molecule has 2 nitrogen and oxygen atoms in total. The van der Waals surface area contributed by atoms with Crippen LogP contribution in [-0.2, 0) is 6.61 Å². The summed E-state index contributed by atoms with van der Waals surface area (Å²) in [5.41, 5.74) is 0.516. The molecule has 0 amide bonds. The maximum absolute atomic E-state index is 9.92. The Balaban J connectivity index is 2.34. The van der Waals surface area contributed by atoms with Crippen LogP contribution in [0.3, 0.4) is 0 Å². The molecule has 88 valence electrons. The van der Waals surface area contributed by atoms with Gasteiger partial charge in [-0.25, -0.2) is 0 Å². The Hall–Kier alpha value is -1.16. The highest BCUT2D eigenvalue weighted by Gasteiger charge is 2.09. The number of aromatic hydroxyl groups is 1. The van der Waals surface area contributed by atoms with Gasteiger partial charge in [0.2, 0.25) is 0 Å². The molecule has 0 aliphatic heterocycles. The van der Waals surface area contributed by atoms with E-state index in [2.05, 4.69) is 0 Å². The van der Waals surface area contributed by atoms with Gasteiger partial charge in [0.15, 0.2) is 0 Å². The number of aliphatic hydroxyl groups excluding tert-OH is 1. The fourth-order valence-electron chi connectivity index (χ4n) is 1.42. The number of hydrogen-bond donors (Lipinski definition) is 2. The zero-order valence-electron chi connectivity index (χ0n) is 8.93. The van der Waals surface area contributed by atoms with Gasteiger partial charge in [0.1, 0.15) is 5.75 Å². The third-order valence-electron chi connectivity index (χ3n) is 2.31. The van der Waals surface area contributed by atoms with Gasteiger partial charge >= 0.3 is 0 Å². The lowest BCUT2D eigenvalue weighted by atomic mass is 10.2. The number of phenols is 1. The van der Waals surface area contributed by atoms with Crippen molar-refractivity contribution in [2.24, 2.45) is 0 Å². The number of hydrogen-bond acceptors (Lipinski definition) is 3. The van der Waals surface area contributed by atoms with Crippen LogP contribution in [0.2, 0.25) is 5.02 Å². The van der Waals surface area contributed by atoms with Crippen LogP contribution in [0.5, 0.6) is 5.75 Å². The van der Waals surface area contributed by atoms with Crippen LogP contribution in [0.15, 0.2) is 52.3 Å². The maximum atomic E-state index is 9.92. The Morgan fingerprint density at radius 1 is 1.00 bits per heavy atom. The molecule has 2 aromatic carbocycles. The van der Waals surface area contributed by atoms with E-state index in [1.54, 1.807) is 24.3 Å². The summed E-state index contributed by atoms with van der Waals surface area (Å²) in [5.74, 6) is 0.111. The molecule has 2 rings (SSSR count). The Bertz CT molecular complexity index is 529. The van der Waals surface area contributed by atoms with E-state index in [9.17, 15) is 5.11 Å². The summed E-state index contributed by atoms with van der Waals surface area (Å²) >= 11 is 7.43. The predicted octanol–water partition coefficient (Wildman–Crippen LogP) is 3.69. The summed E-state index contributed by atoms with van der Waals surface area (Å²) in [6.45, 7) is -0.178. The second-order valence-electron chi connectivity index (χ2n) is 3.45. The van der Waals surface area contributed by atoms with Crippen molar-refractivity contribution in [1.82, 2.24) is 0 Å². The van der Waals surface area contributed by atoms with E-state index >= 15 is 0 Å². The molecule has 0 saturated heterocycles. The molecule has 0 aromatic heterocycles. The topological polar surface area (TPSA) is 40.5 Å². The van der Waals surface area contributed by atoms with Crippen molar-refractivity contribution < 1.29 is 10.2 Å². The van der Waals surface area contributed by atoms with E-state index < -0.39 is 0 Å². The number of aliphatic hydroxyl groups is 1. The SMILES string of the molecule is OCc1cccc(Sc2ccccc2Cl)c1O. The van der Waals surface area contributed by atoms with Crippen LogP contribution in [0.1, 0.15) is 5.56 Å². The lowest BCUT2D eigenvalue weighted by molar-refractivity contribution is 0.274. The minimum atomic E-state index is -0.178. The van der Waals surface area contributed by atoms with Crippen LogP contribution >= 0.6 is 23.4 Å². The molecule has 0 spiro atoms. The fourth-order valence-corrected chi connectivity index (χ4v) is 2.60. The number of benzene rings is 2. The van der Waals surface area contributed by atoms with E-state index in [0.717, 1.165) is 4.90 Å². The first kappa shape index (κ1) is 12.3. The molecular formula is C13H11ClO2S. The van der Waals surface area contributed by atoms with Crippen LogP contribution in [0.25, 0.3) is 0 Å². The molecule has 0 saturated carbocycles. The third kappa shape index (κ3) is 2.75. The molecule has 0 aliphatic carbocycles. The van der Waals surface area contributed by atoms with Gasteiger partial charge in [-0.1, -0.05) is 47.6 Å². The predicted molar refractivity (Wildman–Crippen MR) is 69.6 cm³/mol. The van der Waals surface area contributed by atoms with Gasteiger partial charge in [0, 0.05) is 10.5 Å². The molecule has 0 fully saturated rings. The van der Waals surface area contributed by atoms with E-state index in [-0.39, 0.29) is 12.4 Å². The molecule has 0 heterocycles. The van der Waals surface area contributed by atoms with Crippen LogP contribution in [-0.4, -0.2) is 10.2 Å². The van der Waals surface area contributed by atoms with Crippen LogP contribution in [0.4, 0.5) is 0 Å². The molecule has 2 N–H and O–H groups in total. The normalized spacial score (nSPS) is 10.5. The Morgan fingerprint density at radius 3 is 2.41 bits per heavy atom. The first-order valence-corrected chi connectivity index (χ1v) is 6.26. The Morgan fingerprint density at radius 2 is 1.71 bits per heavy atom. The average Bonchev–Trinajstić information content (AvgIpc) is 2.34. The van der Waals surface area contributed by atoms with Crippen molar-refractivity contribution in [2.45, 2.75) is 16.4 Å². The molecule has 0 radical (unpaired) electrons. The Kier molecular flexibility index (Phi) is 3.94. The van der Waals surface area contributed by atoms with Gasteiger partial charge < -0.3 is 10.2 Å². The highest BCUT2D eigenvalue weighted by atomic mass is 35.5. The van der Waals surface area contributed by atoms with Crippen LogP contribution in [0, 0.1) is 0 Å². The minimum Gasteiger partial charge on any atom is -0.506 e. The second kappa shape index (κ2) is 5.45. The fraction of sp³-hybridized carbons (Fsp3) is 0.0769. The lowest BCUT2D eigenvalue weighted by Crippen LogP contribution is -1.85. The number of rotatable bonds is 3. The zero-order chi connectivity index (χ0) is 12.3. The van der Waals surface area contributed by atoms with Crippen LogP contribution < -0.4 is 0 Å². The first-order valence-electron chi connectivity index (χ1n) is 5.06. The summed E-state index contributed by atoms with van der Waals surface area (Å²) in [7, 11) is 0. The maximum Gasteiger partial charge on any atom is 0.134 e. The van der Waals surface area contributed by atoms with E-state index in [1.807, 2.05) is 18.2 Å². The summed E-state index contributed by atoms with van der Waals surface area (Å²) < 4.78 is 0. The number of para-hydroxylation sites is 1. The lowest BCUT2D eigenvalue weighted by Gasteiger charge is -2.08. The highest BCUT2D eigenvalue weighted by Crippen LogP contribution is 2.39. The van der Waals surface area contributed by atoms with Crippen molar-refractivity contribution in [2.75, 3.05) is 0 Å². The first-order chi connectivity index (χ1) is 8.22. The summed E-state index contributed by atoms with van der Waals surface area (Å²) in [6.07, 6.45) is 0. The minimum absolute atomic E-state index is 0.111. The third-order valence-corrected chi connectivity index (χ3v) is 3.88. The monoisotopic (exact) mass is 266 g/mol. The van der Waals surface area contributed by atoms with Gasteiger partial charge in [-0.15, -0.1) is 0 Å². The summed E-state index contributed by atoms with van der Waals surface area (Å²) in [5, 5.41) is 19.6. The smallest absolute Gasteiger partial charge is 0.134 e. The molecule has 0 bridgehead atoms. The second-order valence-corrected chi connectivity index (χ2v) is 4.95. The quantitative estimate of drug-likeness (QED) is 0.890. The number of halogens is 1. The summed E-state index contributed by atoms with van der Waals surface area (Å²) in [4.78, 5) is 1.56. The Labute approximate surface area is 109 Å². The van der Waals surface area contributed by atoms with Gasteiger partial charge in [-0.3, -0.25) is 0 Å². The van der Waals surface area contributed by atoms with E-state index in [1.165, 1.54) is 11.8 Å². The average molecular weight is 267 g/mol. The molecule has 17 heavy (non-hydrogen) atoms. The molecule has 2 aromatic rings. The van der Waals surface area contributed by atoms with Crippen molar-refractivity contribution in [1.29, 1.82) is 0 Å². The molecule has 0 unspecified atom stereocenters. The van der Waals surface area contributed by atoms with E-state index in [0.29, 0.717) is 15.5 Å².